The minimum atomic E-state index is -0.931. The lowest BCUT2D eigenvalue weighted by Gasteiger charge is -2.09. The van der Waals surface area contributed by atoms with E-state index in [1.165, 1.54) is 0 Å². The average Bonchev–Trinajstić information content (AvgIpc) is 2.42. The fraction of sp³-hybridized carbons (Fsp3) is 0.500. The van der Waals surface area contributed by atoms with Crippen LogP contribution in [0, 0.1) is 0 Å². The number of aliphatic carboxylic acids is 1. The van der Waals surface area contributed by atoms with Gasteiger partial charge in [-0.15, -0.1) is 0 Å². The molecule has 0 aliphatic carbocycles. The monoisotopic (exact) mass is 268 g/mol. The minimum Gasteiger partial charge on any atom is -0.493 e. The molecule has 106 valence electrons. The molecule has 0 spiro atoms. The van der Waals surface area contributed by atoms with E-state index in [2.05, 4.69) is 0 Å². The topological polar surface area (TPSA) is 65.0 Å². The van der Waals surface area contributed by atoms with Gasteiger partial charge in [0.2, 0.25) is 0 Å². The van der Waals surface area contributed by atoms with E-state index >= 15 is 0 Å². The van der Waals surface area contributed by atoms with Crippen LogP contribution in [0.2, 0.25) is 0 Å². The van der Waals surface area contributed by atoms with E-state index in [9.17, 15) is 4.79 Å². The first-order valence-electron chi connectivity index (χ1n) is 6.17. The number of rotatable bonds is 9. The molecule has 5 heteroatoms. The summed E-state index contributed by atoms with van der Waals surface area (Å²) >= 11 is 0. The van der Waals surface area contributed by atoms with Crippen molar-refractivity contribution in [3.63, 3.8) is 0 Å². The Bertz CT molecular complexity index is 403. The number of carbonyl (C=O) groups is 1. The van der Waals surface area contributed by atoms with Crippen molar-refractivity contribution in [2.75, 3.05) is 27.4 Å². The third-order valence-corrected chi connectivity index (χ3v) is 2.68. The summed E-state index contributed by atoms with van der Waals surface area (Å²) in [6, 6.07) is 5.84. The summed E-state index contributed by atoms with van der Waals surface area (Å²) in [6.07, 6.45) is 2.67. The number of aryl methyl sites for hydroxylation is 1. The molecule has 1 aromatic carbocycles. The fourth-order valence-corrected chi connectivity index (χ4v) is 1.73. The van der Waals surface area contributed by atoms with E-state index < -0.39 is 5.97 Å². The lowest BCUT2D eigenvalue weighted by molar-refractivity contribution is -0.142. The number of hydrogen-bond donors (Lipinski definition) is 1. The number of unbranched alkanes of at least 4 members (excludes halogenated alkanes) is 1. The summed E-state index contributed by atoms with van der Waals surface area (Å²) in [5.41, 5.74) is 1.16. The molecule has 0 aliphatic rings. The van der Waals surface area contributed by atoms with Gasteiger partial charge >= 0.3 is 5.97 Å². The van der Waals surface area contributed by atoms with Crippen molar-refractivity contribution in [2.45, 2.75) is 19.3 Å². The molecule has 0 fully saturated rings. The normalized spacial score (nSPS) is 10.2. The highest BCUT2D eigenvalue weighted by molar-refractivity contribution is 5.67. The zero-order valence-corrected chi connectivity index (χ0v) is 11.3. The van der Waals surface area contributed by atoms with Crippen LogP contribution in [-0.2, 0) is 16.0 Å². The van der Waals surface area contributed by atoms with Gasteiger partial charge in [-0.2, -0.15) is 0 Å². The maximum atomic E-state index is 10.2. The smallest absolute Gasteiger partial charge is 0.329 e. The lowest BCUT2D eigenvalue weighted by atomic mass is 10.1. The maximum absolute atomic E-state index is 10.2. The van der Waals surface area contributed by atoms with Gasteiger partial charge in [0, 0.05) is 6.61 Å². The molecule has 0 bridgehead atoms. The summed E-state index contributed by atoms with van der Waals surface area (Å²) in [5, 5.41) is 8.40. The molecule has 0 saturated heterocycles. The van der Waals surface area contributed by atoms with E-state index in [-0.39, 0.29) is 6.61 Å². The molecule has 1 aromatic rings. The summed E-state index contributed by atoms with van der Waals surface area (Å²) in [5.74, 6) is 0.512. The van der Waals surface area contributed by atoms with Gasteiger partial charge in [-0.1, -0.05) is 6.07 Å². The molecule has 19 heavy (non-hydrogen) atoms. The Balaban J connectivity index is 2.31. The van der Waals surface area contributed by atoms with Crippen LogP contribution in [0.15, 0.2) is 18.2 Å². The number of benzene rings is 1. The van der Waals surface area contributed by atoms with Crippen molar-refractivity contribution < 1.29 is 24.1 Å². The Morgan fingerprint density at radius 2 is 1.89 bits per heavy atom. The third-order valence-electron chi connectivity index (χ3n) is 2.68. The van der Waals surface area contributed by atoms with Gasteiger partial charge in [0.15, 0.2) is 11.5 Å². The van der Waals surface area contributed by atoms with Gasteiger partial charge in [0.05, 0.1) is 14.2 Å². The first kappa shape index (κ1) is 15.3. The minimum absolute atomic E-state index is 0.226. The predicted octanol–water partition coefficient (Wildman–Crippen LogP) is 2.13. The first-order valence-corrected chi connectivity index (χ1v) is 6.17. The van der Waals surface area contributed by atoms with Crippen molar-refractivity contribution in [1.29, 1.82) is 0 Å². The second kappa shape index (κ2) is 8.37. The second-order valence-corrected chi connectivity index (χ2v) is 4.09. The van der Waals surface area contributed by atoms with Crippen LogP contribution in [0.4, 0.5) is 0 Å². The van der Waals surface area contributed by atoms with Gasteiger partial charge in [-0.3, -0.25) is 0 Å². The number of hydrogen-bond acceptors (Lipinski definition) is 4. The number of carboxylic acid groups (broad SMARTS) is 1. The molecule has 0 aromatic heterocycles. The quantitative estimate of drug-likeness (QED) is 0.695. The van der Waals surface area contributed by atoms with Crippen LogP contribution in [0.1, 0.15) is 18.4 Å². The highest BCUT2D eigenvalue weighted by Gasteiger charge is 2.04. The van der Waals surface area contributed by atoms with Gasteiger partial charge in [0.1, 0.15) is 6.61 Å². The molecule has 0 radical (unpaired) electrons. The molecule has 0 heterocycles. The van der Waals surface area contributed by atoms with Crippen molar-refractivity contribution in [2.24, 2.45) is 0 Å². The van der Waals surface area contributed by atoms with E-state index in [4.69, 9.17) is 19.3 Å². The van der Waals surface area contributed by atoms with Crippen LogP contribution in [0.5, 0.6) is 11.5 Å². The molecule has 5 nitrogen and oxygen atoms in total. The average molecular weight is 268 g/mol. The van der Waals surface area contributed by atoms with E-state index in [0.717, 1.165) is 36.3 Å². The van der Waals surface area contributed by atoms with Crippen LogP contribution in [-0.4, -0.2) is 38.5 Å². The zero-order valence-electron chi connectivity index (χ0n) is 11.3. The molecule has 1 N–H and O–H groups in total. The molecule has 0 atom stereocenters. The van der Waals surface area contributed by atoms with E-state index in [1.54, 1.807) is 14.2 Å². The van der Waals surface area contributed by atoms with E-state index in [1.807, 2.05) is 18.2 Å². The molecule has 0 unspecified atom stereocenters. The second-order valence-electron chi connectivity index (χ2n) is 4.09. The highest BCUT2D eigenvalue weighted by Crippen LogP contribution is 2.28. The number of ether oxygens (including phenoxy) is 3. The van der Waals surface area contributed by atoms with Crippen molar-refractivity contribution in [3.8, 4) is 11.5 Å². The molecule has 0 amide bonds. The molecule has 1 rings (SSSR count). The largest absolute Gasteiger partial charge is 0.493 e. The Morgan fingerprint density at radius 3 is 2.53 bits per heavy atom. The summed E-state index contributed by atoms with van der Waals surface area (Å²) in [7, 11) is 3.22. The van der Waals surface area contributed by atoms with Crippen molar-refractivity contribution in [3.05, 3.63) is 23.8 Å². The summed E-state index contributed by atoms with van der Waals surface area (Å²) < 4.78 is 15.4. The Labute approximate surface area is 113 Å². The molecular formula is C14H20O5. The number of carboxylic acids is 1. The molecular weight excluding hydrogens is 248 g/mol. The van der Waals surface area contributed by atoms with Crippen molar-refractivity contribution in [1.82, 2.24) is 0 Å². The van der Waals surface area contributed by atoms with Crippen molar-refractivity contribution >= 4 is 5.97 Å². The highest BCUT2D eigenvalue weighted by atomic mass is 16.5. The Morgan fingerprint density at radius 1 is 1.16 bits per heavy atom. The van der Waals surface area contributed by atoms with Gasteiger partial charge in [-0.05, 0) is 37.0 Å². The van der Waals surface area contributed by atoms with Crippen LogP contribution >= 0.6 is 0 Å². The summed E-state index contributed by atoms with van der Waals surface area (Å²) in [4.78, 5) is 10.2. The van der Waals surface area contributed by atoms with Crippen LogP contribution in [0.3, 0.4) is 0 Å². The van der Waals surface area contributed by atoms with Gasteiger partial charge in [-0.25, -0.2) is 4.79 Å². The zero-order chi connectivity index (χ0) is 14.1. The van der Waals surface area contributed by atoms with E-state index in [0.29, 0.717) is 6.61 Å². The SMILES string of the molecule is COc1ccc(CCCCOCC(=O)O)cc1OC. The lowest BCUT2D eigenvalue weighted by Crippen LogP contribution is -2.07. The maximum Gasteiger partial charge on any atom is 0.329 e. The predicted molar refractivity (Wildman–Crippen MR) is 70.9 cm³/mol. The molecule has 0 saturated carbocycles. The molecule has 0 aliphatic heterocycles. The Hall–Kier alpha value is -1.75. The third kappa shape index (κ3) is 5.61. The fourth-order valence-electron chi connectivity index (χ4n) is 1.73. The summed E-state index contributed by atoms with van der Waals surface area (Å²) in [6.45, 7) is 0.246. The first-order chi connectivity index (χ1) is 9.17. The standard InChI is InChI=1S/C14H20O5/c1-17-12-7-6-11(9-13(12)18-2)5-3-4-8-19-10-14(15)16/h6-7,9H,3-5,8,10H2,1-2H3,(H,15,16). The number of methoxy groups -OCH3 is 2. The van der Waals surface area contributed by atoms with Gasteiger partial charge < -0.3 is 19.3 Å². The Kier molecular flexibility index (Phi) is 6.74. The van der Waals surface area contributed by atoms with Crippen LogP contribution < -0.4 is 9.47 Å². The van der Waals surface area contributed by atoms with Crippen LogP contribution in [0.25, 0.3) is 0 Å². The van der Waals surface area contributed by atoms with Gasteiger partial charge in [0.25, 0.3) is 0 Å².